The largest absolute Gasteiger partial charge is 0.496 e. The minimum absolute atomic E-state index is 0. The summed E-state index contributed by atoms with van der Waals surface area (Å²) in [7, 11) is 0.360. The molecule has 4 rings (SSSR count). The number of methoxy groups -OCH3 is 3. The predicted octanol–water partition coefficient (Wildman–Crippen LogP) is 2.96. The van der Waals surface area contributed by atoms with E-state index in [2.05, 4.69) is 20.3 Å². The fourth-order valence-electron chi connectivity index (χ4n) is 4.98. The van der Waals surface area contributed by atoms with Gasteiger partial charge in [0.1, 0.15) is 11.3 Å². The van der Waals surface area contributed by atoms with E-state index in [1.807, 2.05) is 0 Å². The number of unbranched alkanes of at least 4 members (excludes halogenated alkanes) is 1. The van der Waals surface area contributed by atoms with E-state index in [0.717, 1.165) is 13.0 Å². The molecule has 0 bridgehead atoms. The molecule has 3 amide bonds. The van der Waals surface area contributed by atoms with Crippen LogP contribution in [0.15, 0.2) is 41.3 Å². The number of Topliss-reactive ketones (excluding diaryl/α,β-unsaturated/α-hetero) is 1. The van der Waals surface area contributed by atoms with Crippen LogP contribution in [-0.4, -0.2) is 77.5 Å². The van der Waals surface area contributed by atoms with Crippen molar-refractivity contribution in [3.05, 3.63) is 42.0 Å². The van der Waals surface area contributed by atoms with E-state index in [9.17, 15) is 22.8 Å². The molecule has 14 heteroatoms. The zero-order valence-electron chi connectivity index (χ0n) is 23.2. The van der Waals surface area contributed by atoms with E-state index >= 15 is 0 Å². The third kappa shape index (κ3) is 7.21. The summed E-state index contributed by atoms with van der Waals surface area (Å²) < 4.78 is 44.3. The van der Waals surface area contributed by atoms with Crippen LogP contribution in [0.3, 0.4) is 0 Å². The second-order valence-corrected chi connectivity index (χ2v) is 11.4. The van der Waals surface area contributed by atoms with Gasteiger partial charge in [-0.05, 0) is 62.6 Å². The summed E-state index contributed by atoms with van der Waals surface area (Å²) in [5.41, 5.74) is -0.284. The van der Waals surface area contributed by atoms with E-state index in [4.69, 9.17) is 14.2 Å². The number of sulfonamides is 1. The summed E-state index contributed by atoms with van der Waals surface area (Å²) in [6.45, 7) is 2.12. The molecule has 2 aliphatic heterocycles. The standard InChI is InChI=1S/C27H34N4O8S.ClH/c1-37-22-9-7-18(30-40(35,36)19-8-10-23(38-2)24(17-19)39-3)16-20(22)21(32)6-4-5-13-31-14-11-27(12-15-31)25(33)28-26(34)29-27;/h7-10,16-17,30H,4-6,11-15H2,1-3H3,(H2,28,29,33,34);1H. The number of halogens is 1. The van der Waals surface area contributed by atoms with Crippen molar-refractivity contribution in [3.63, 3.8) is 0 Å². The van der Waals surface area contributed by atoms with Gasteiger partial charge in [0.25, 0.3) is 15.9 Å². The topological polar surface area (TPSA) is 152 Å². The van der Waals surface area contributed by atoms with Gasteiger partial charge in [0.15, 0.2) is 17.3 Å². The fourth-order valence-corrected chi connectivity index (χ4v) is 6.05. The SMILES string of the molecule is COc1ccc(S(=O)(=O)Nc2ccc(OC)c(C(=O)CCCCN3CCC4(CC3)NC(=O)NC4=O)c2)cc1OC.Cl. The van der Waals surface area contributed by atoms with Crippen LogP contribution in [0.5, 0.6) is 17.2 Å². The Balaban J connectivity index is 0.00000462. The van der Waals surface area contributed by atoms with Crippen LogP contribution < -0.4 is 29.6 Å². The van der Waals surface area contributed by atoms with E-state index in [1.165, 1.54) is 51.7 Å². The Morgan fingerprint density at radius 1 is 0.951 bits per heavy atom. The van der Waals surface area contributed by atoms with Crippen LogP contribution >= 0.6 is 12.4 Å². The highest BCUT2D eigenvalue weighted by Crippen LogP contribution is 2.31. The average molecular weight is 611 g/mol. The molecule has 0 aliphatic carbocycles. The van der Waals surface area contributed by atoms with Crippen molar-refractivity contribution >= 4 is 45.8 Å². The number of rotatable bonds is 12. The molecular formula is C27H35ClN4O8S. The molecule has 3 N–H and O–H groups in total. The summed E-state index contributed by atoms with van der Waals surface area (Å²) in [4.78, 5) is 38.9. The van der Waals surface area contributed by atoms with Crippen molar-refractivity contribution in [1.82, 2.24) is 15.5 Å². The van der Waals surface area contributed by atoms with Gasteiger partial charge >= 0.3 is 6.03 Å². The molecule has 2 heterocycles. The van der Waals surface area contributed by atoms with Crippen LogP contribution in [0, 0.1) is 0 Å². The summed E-state index contributed by atoms with van der Waals surface area (Å²) in [5.74, 6) is 0.614. The number of likely N-dealkylation sites (tertiary alicyclic amines) is 1. The number of piperidine rings is 1. The number of carbonyl (C=O) groups excluding carboxylic acids is 3. The summed E-state index contributed by atoms with van der Waals surface area (Å²) in [5, 5.41) is 5.06. The molecule has 0 radical (unpaired) electrons. The molecule has 2 fully saturated rings. The highest BCUT2D eigenvalue weighted by atomic mass is 35.5. The van der Waals surface area contributed by atoms with Gasteiger partial charge in [0, 0.05) is 31.3 Å². The Morgan fingerprint density at radius 2 is 1.61 bits per heavy atom. The minimum Gasteiger partial charge on any atom is -0.496 e. The van der Waals surface area contributed by atoms with Crippen LogP contribution in [0.1, 0.15) is 42.5 Å². The molecule has 2 aromatic rings. The molecule has 2 aromatic carbocycles. The van der Waals surface area contributed by atoms with Crippen molar-refractivity contribution in [2.75, 3.05) is 45.7 Å². The van der Waals surface area contributed by atoms with Gasteiger partial charge < -0.3 is 24.4 Å². The maximum absolute atomic E-state index is 13.1. The highest BCUT2D eigenvalue weighted by molar-refractivity contribution is 7.92. The Kier molecular flexibility index (Phi) is 10.5. The lowest BCUT2D eigenvalue weighted by molar-refractivity contribution is -0.125. The van der Waals surface area contributed by atoms with Gasteiger partial charge in [-0.3, -0.25) is 19.6 Å². The minimum atomic E-state index is -3.97. The Bertz CT molecular complexity index is 1390. The number of anilines is 1. The third-order valence-electron chi connectivity index (χ3n) is 7.27. The third-order valence-corrected chi connectivity index (χ3v) is 8.65. The lowest BCUT2D eigenvalue weighted by Gasteiger charge is -2.36. The molecule has 41 heavy (non-hydrogen) atoms. The molecule has 0 aromatic heterocycles. The number of urea groups is 1. The second kappa shape index (κ2) is 13.4. The van der Waals surface area contributed by atoms with Crippen LogP contribution in [0.4, 0.5) is 10.5 Å². The van der Waals surface area contributed by atoms with Crippen molar-refractivity contribution < 1.29 is 37.0 Å². The quantitative estimate of drug-likeness (QED) is 0.187. The average Bonchev–Trinajstić information content (AvgIpc) is 3.22. The molecule has 0 unspecified atom stereocenters. The molecule has 0 saturated carbocycles. The number of ketones is 1. The fraction of sp³-hybridized carbons (Fsp3) is 0.444. The van der Waals surface area contributed by atoms with Gasteiger partial charge in [0.05, 0.1) is 31.8 Å². The van der Waals surface area contributed by atoms with E-state index in [1.54, 1.807) is 6.07 Å². The Hall–Kier alpha value is -3.55. The van der Waals surface area contributed by atoms with Crippen molar-refractivity contribution in [2.24, 2.45) is 0 Å². The van der Waals surface area contributed by atoms with E-state index < -0.39 is 21.6 Å². The second-order valence-electron chi connectivity index (χ2n) is 9.75. The number of nitrogens with zero attached hydrogens (tertiary/aromatic N) is 1. The number of amides is 3. The number of hydrogen-bond acceptors (Lipinski definition) is 9. The maximum Gasteiger partial charge on any atom is 0.322 e. The van der Waals surface area contributed by atoms with Gasteiger partial charge in [-0.1, -0.05) is 0 Å². The van der Waals surface area contributed by atoms with Crippen molar-refractivity contribution in [3.8, 4) is 17.2 Å². The summed E-state index contributed by atoms with van der Waals surface area (Å²) in [6, 6.07) is 8.39. The monoisotopic (exact) mass is 610 g/mol. The first-order valence-corrected chi connectivity index (χ1v) is 14.4. The normalized spacial score (nSPS) is 16.4. The van der Waals surface area contributed by atoms with Gasteiger partial charge in [-0.15, -0.1) is 12.4 Å². The number of ether oxygens (including phenoxy) is 3. The van der Waals surface area contributed by atoms with Crippen molar-refractivity contribution in [2.45, 2.75) is 42.5 Å². The van der Waals surface area contributed by atoms with Crippen LogP contribution in [0.2, 0.25) is 0 Å². The zero-order valence-corrected chi connectivity index (χ0v) is 24.8. The first kappa shape index (κ1) is 32.0. The number of imide groups is 1. The number of nitrogens with one attached hydrogen (secondary N) is 3. The lowest BCUT2D eigenvalue weighted by atomic mass is 9.87. The van der Waals surface area contributed by atoms with E-state index in [-0.39, 0.29) is 52.4 Å². The van der Waals surface area contributed by atoms with Gasteiger partial charge in [-0.25, -0.2) is 13.2 Å². The molecule has 12 nitrogen and oxygen atoms in total. The molecule has 2 aliphatic rings. The molecule has 0 atom stereocenters. The molecule has 224 valence electrons. The molecular weight excluding hydrogens is 576 g/mol. The van der Waals surface area contributed by atoms with Crippen LogP contribution in [0.25, 0.3) is 0 Å². The van der Waals surface area contributed by atoms with Crippen LogP contribution in [-0.2, 0) is 14.8 Å². The first-order chi connectivity index (χ1) is 19.1. The Morgan fingerprint density at radius 3 is 2.22 bits per heavy atom. The smallest absolute Gasteiger partial charge is 0.322 e. The van der Waals surface area contributed by atoms with E-state index in [0.29, 0.717) is 43.9 Å². The summed E-state index contributed by atoms with van der Waals surface area (Å²) >= 11 is 0. The highest BCUT2D eigenvalue weighted by Gasteiger charge is 2.47. The number of carbonyl (C=O) groups is 3. The zero-order chi connectivity index (χ0) is 28.9. The molecule has 2 saturated heterocycles. The van der Waals surface area contributed by atoms with Gasteiger partial charge in [0.2, 0.25) is 0 Å². The Labute approximate surface area is 245 Å². The lowest BCUT2D eigenvalue weighted by Crippen LogP contribution is -2.54. The maximum atomic E-state index is 13.1. The molecule has 1 spiro atoms. The van der Waals surface area contributed by atoms with Crippen molar-refractivity contribution in [1.29, 1.82) is 0 Å². The predicted molar refractivity (Wildman–Crippen MR) is 154 cm³/mol. The van der Waals surface area contributed by atoms with Gasteiger partial charge in [-0.2, -0.15) is 0 Å². The summed E-state index contributed by atoms with van der Waals surface area (Å²) in [6.07, 6.45) is 2.76. The number of hydrogen-bond donors (Lipinski definition) is 3. The first-order valence-electron chi connectivity index (χ1n) is 12.9. The number of benzene rings is 2.